The highest BCUT2D eigenvalue weighted by atomic mass is 16.2. The van der Waals surface area contributed by atoms with Gasteiger partial charge >= 0.3 is 0 Å². The summed E-state index contributed by atoms with van der Waals surface area (Å²) in [5.74, 6) is 1.33. The number of hydrogen-bond acceptors (Lipinski definition) is 3. The molecule has 0 spiro atoms. The van der Waals surface area contributed by atoms with Gasteiger partial charge in [-0.25, -0.2) is 4.98 Å². The van der Waals surface area contributed by atoms with E-state index in [0.29, 0.717) is 23.8 Å². The Balaban J connectivity index is 1.29. The number of aromatic nitrogens is 2. The molecule has 1 aromatic carbocycles. The molecule has 1 atom stereocenters. The highest BCUT2D eigenvalue weighted by molar-refractivity contribution is 5.81. The first-order valence-electron chi connectivity index (χ1n) is 10.9. The summed E-state index contributed by atoms with van der Waals surface area (Å²) >= 11 is 0. The minimum atomic E-state index is 0.339. The van der Waals surface area contributed by atoms with Gasteiger partial charge in [0.05, 0.1) is 18.1 Å². The van der Waals surface area contributed by atoms with Crippen molar-refractivity contribution in [2.75, 3.05) is 26.2 Å². The zero-order valence-corrected chi connectivity index (χ0v) is 16.5. The van der Waals surface area contributed by atoms with Crippen LogP contribution in [0.3, 0.4) is 0 Å². The van der Waals surface area contributed by atoms with Crippen molar-refractivity contribution in [3.05, 3.63) is 53.6 Å². The van der Waals surface area contributed by atoms with Gasteiger partial charge in [0, 0.05) is 44.2 Å². The van der Waals surface area contributed by atoms with Crippen LogP contribution in [0.15, 0.2) is 36.7 Å². The minimum absolute atomic E-state index is 0.339. The van der Waals surface area contributed by atoms with Gasteiger partial charge in [-0.15, -0.1) is 0 Å². The number of carbonyl (C=O) groups excluding carboxylic acids is 1. The second-order valence-electron chi connectivity index (χ2n) is 8.67. The second-order valence-corrected chi connectivity index (χ2v) is 8.67. The maximum absolute atomic E-state index is 12.4. The number of amides is 1. The van der Waals surface area contributed by atoms with Crippen molar-refractivity contribution in [3.8, 4) is 0 Å². The number of H-pyrrole nitrogens is 1. The van der Waals surface area contributed by atoms with E-state index in [-0.39, 0.29) is 0 Å². The summed E-state index contributed by atoms with van der Waals surface area (Å²) in [5.41, 5.74) is 3.97. The van der Waals surface area contributed by atoms with Gasteiger partial charge in [0.15, 0.2) is 0 Å². The van der Waals surface area contributed by atoms with Gasteiger partial charge in [0.1, 0.15) is 0 Å². The van der Waals surface area contributed by atoms with Gasteiger partial charge in [-0.3, -0.25) is 9.69 Å². The van der Waals surface area contributed by atoms with Crippen LogP contribution in [0.5, 0.6) is 0 Å². The van der Waals surface area contributed by atoms with Gasteiger partial charge in [0.2, 0.25) is 5.91 Å². The number of benzene rings is 1. The molecular formula is C23H30N4O. The van der Waals surface area contributed by atoms with Crippen molar-refractivity contribution >= 4 is 5.91 Å². The molecule has 2 aliphatic heterocycles. The molecule has 1 aromatic heterocycles. The molecule has 0 bridgehead atoms. The molecule has 28 heavy (non-hydrogen) atoms. The Bertz CT molecular complexity index is 805. The summed E-state index contributed by atoms with van der Waals surface area (Å²) in [7, 11) is 0. The van der Waals surface area contributed by atoms with Crippen LogP contribution in [0, 0.1) is 11.8 Å². The molecule has 1 unspecified atom stereocenters. The molecule has 0 radical (unpaired) electrons. The monoisotopic (exact) mass is 378 g/mol. The molecule has 3 heterocycles. The van der Waals surface area contributed by atoms with Crippen molar-refractivity contribution in [2.24, 2.45) is 11.8 Å². The average molecular weight is 379 g/mol. The van der Waals surface area contributed by atoms with Crippen LogP contribution in [-0.4, -0.2) is 51.9 Å². The summed E-state index contributed by atoms with van der Waals surface area (Å²) in [5, 5.41) is 0. The largest absolute Gasteiger partial charge is 0.348 e. The number of hydrogen-bond donors (Lipinski definition) is 1. The lowest BCUT2D eigenvalue weighted by atomic mass is 9.83. The zero-order valence-electron chi connectivity index (χ0n) is 16.5. The number of fused-ring (bicyclic) bond motifs is 1. The second kappa shape index (κ2) is 7.70. The molecule has 1 saturated heterocycles. The normalized spacial score (nSPS) is 23.6. The van der Waals surface area contributed by atoms with Crippen LogP contribution in [0.2, 0.25) is 0 Å². The highest BCUT2D eigenvalue weighted by Gasteiger charge is 2.39. The Morgan fingerprint density at radius 2 is 1.86 bits per heavy atom. The molecule has 5 nitrogen and oxygen atoms in total. The van der Waals surface area contributed by atoms with Crippen molar-refractivity contribution in [3.63, 3.8) is 0 Å². The molecule has 2 fully saturated rings. The summed E-state index contributed by atoms with van der Waals surface area (Å²) < 4.78 is 0. The predicted octanol–water partition coefficient (Wildman–Crippen LogP) is 3.20. The smallest absolute Gasteiger partial charge is 0.225 e. The lowest BCUT2D eigenvalue weighted by Gasteiger charge is -2.43. The summed E-state index contributed by atoms with van der Waals surface area (Å²) in [6, 6.07) is 11.2. The minimum Gasteiger partial charge on any atom is -0.348 e. The summed E-state index contributed by atoms with van der Waals surface area (Å²) in [4.78, 5) is 25.3. The van der Waals surface area contributed by atoms with Crippen LogP contribution < -0.4 is 0 Å². The third-order valence-electron chi connectivity index (χ3n) is 6.83. The molecule has 3 aliphatic rings. The molecule has 1 aliphatic carbocycles. The number of rotatable bonds is 5. The molecule has 5 rings (SSSR count). The predicted molar refractivity (Wildman–Crippen MR) is 109 cm³/mol. The van der Waals surface area contributed by atoms with Crippen molar-refractivity contribution in [1.82, 2.24) is 19.8 Å². The van der Waals surface area contributed by atoms with Crippen LogP contribution in [0.4, 0.5) is 0 Å². The fraction of sp³-hybridized carbons (Fsp3) is 0.565. The van der Waals surface area contributed by atoms with E-state index >= 15 is 0 Å². The van der Waals surface area contributed by atoms with Crippen LogP contribution in [0.25, 0.3) is 0 Å². The Morgan fingerprint density at radius 1 is 1.07 bits per heavy atom. The van der Waals surface area contributed by atoms with Crippen molar-refractivity contribution in [1.29, 1.82) is 0 Å². The van der Waals surface area contributed by atoms with E-state index in [4.69, 9.17) is 4.98 Å². The first kappa shape index (κ1) is 17.9. The van der Waals surface area contributed by atoms with E-state index in [9.17, 15) is 4.79 Å². The first-order valence-corrected chi connectivity index (χ1v) is 10.9. The quantitative estimate of drug-likeness (QED) is 0.869. The number of aromatic amines is 1. The van der Waals surface area contributed by atoms with Crippen molar-refractivity contribution < 1.29 is 4.79 Å². The Morgan fingerprint density at radius 3 is 2.61 bits per heavy atom. The van der Waals surface area contributed by atoms with Crippen LogP contribution >= 0.6 is 0 Å². The summed E-state index contributed by atoms with van der Waals surface area (Å²) in [6.45, 7) is 4.00. The standard InChI is InChI=1S/C23H30N4O/c28-23(19-6-7-19)27-13-9-18(10-14-27)22-21-20(24-16-25-21)11-15-26(22)12-8-17-4-2-1-3-5-17/h1-5,16,18-19,22H,6-15H2,(H,24,25). The summed E-state index contributed by atoms with van der Waals surface area (Å²) in [6.07, 6.45) is 8.39. The molecule has 1 N–H and O–H groups in total. The highest BCUT2D eigenvalue weighted by Crippen LogP contribution is 2.40. The number of piperidine rings is 1. The first-order chi connectivity index (χ1) is 13.8. The zero-order chi connectivity index (χ0) is 18.9. The van der Waals surface area contributed by atoms with Gasteiger partial charge < -0.3 is 9.88 Å². The van der Waals surface area contributed by atoms with Crippen LogP contribution in [-0.2, 0) is 17.6 Å². The lowest BCUT2D eigenvalue weighted by molar-refractivity contribution is -0.134. The number of imidazole rings is 1. The fourth-order valence-corrected chi connectivity index (χ4v) is 5.07. The van der Waals surface area contributed by atoms with Gasteiger partial charge in [-0.1, -0.05) is 30.3 Å². The maximum Gasteiger partial charge on any atom is 0.225 e. The van der Waals surface area contributed by atoms with Gasteiger partial charge in [-0.05, 0) is 43.6 Å². The maximum atomic E-state index is 12.4. The van der Waals surface area contributed by atoms with E-state index in [1.165, 1.54) is 17.0 Å². The van der Waals surface area contributed by atoms with Crippen LogP contribution in [0.1, 0.15) is 48.7 Å². The van der Waals surface area contributed by atoms with E-state index in [1.54, 1.807) is 0 Å². The number of nitrogens with one attached hydrogen (secondary N) is 1. The van der Waals surface area contributed by atoms with E-state index in [2.05, 4.69) is 45.1 Å². The Kier molecular flexibility index (Phi) is 4.93. The number of carbonyl (C=O) groups is 1. The Hall–Kier alpha value is -2.14. The Labute approximate surface area is 167 Å². The molecular weight excluding hydrogens is 348 g/mol. The van der Waals surface area contributed by atoms with E-state index in [1.807, 2.05) is 6.33 Å². The van der Waals surface area contributed by atoms with Gasteiger partial charge in [-0.2, -0.15) is 0 Å². The van der Waals surface area contributed by atoms with E-state index < -0.39 is 0 Å². The SMILES string of the molecule is O=C(C1CC1)N1CCC(C2c3nc[nH]c3CCN2CCc2ccccc2)CC1. The van der Waals surface area contributed by atoms with Crippen molar-refractivity contribution in [2.45, 2.75) is 44.6 Å². The molecule has 1 saturated carbocycles. The average Bonchev–Trinajstić information content (AvgIpc) is 3.49. The third kappa shape index (κ3) is 3.60. The van der Waals surface area contributed by atoms with Gasteiger partial charge in [0.25, 0.3) is 0 Å². The topological polar surface area (TPSA) is 52.2 Å². The molecule has 5 heteroatoms. The number of likely N-dealkylation sites (tertiary alicyclic amines) is 1. The molecule has 2 aromatic rings. The van der Waals surface area contributed by atoms with E-state index in [0.717, 1.165) is 64.7 Å². The molecule has 1 amide bonds. The third-order valence-corrected chi connectivity index (χ3v) is 6.83. The molecule has 148 valence electrons. The lowest BCUT2D eigenvalue weighted by Crippen LogP contribution is -2.46. The fourth-order valence-electron chi connectivity index (χ4n) is 5.07. The number of nitrogens with zero attached hydrogens (tertiary/aromatic N) is 3.